The van der Waals surface area contributed by atoms with Gasteiger partial charge in [-0.25, -0.2) is 4.79 Å². The minimum atomic E-state index is -4.43. The third-order valence-corrected chi connectivity index (χ3v) is 3.52. The number of rotatable bonds is 3. The summed E-state index contributed by atoms with van der Waals surface area (Å²) in [5, 5.41) is 11.4. The van der Waals surface area contributed by atoms with Crippen LogP contribution in [0.3, 0.4) is 0 Å². The van der Waals surface area contributed by atoms with Crippen molar-refractivity contribution in [3.05, 3.63) is 35.4 Å². The Kier molecular flexibility index (Phi) is 4.58. The maximum absolute atomic E-state index is 12.6. The van der Waals surface area contributed by atoms with Crippen LogP contribution in [-0.4, -0.2) is 35.1 Å². The molecule has 8 heteroatoms. The largest absolute Gasteiger partial charge is 0.481 e. The van der Waals surface area contributed by atoms with Gasteiger partial charge in [0, 0.05) is 19.6 Å². The highest BCUT2D eigenvalue weighted by molar-refractivity contribution is 5.77. The molecule has 1 aromatic rings. The van der Waals surface area contributed by atoms with Gasteiger partial charge in [0.1, 0.15) is 0 Å². The van der Waals surface area contributed by atoms with E-state index in [0.717, 1.165) is 12.1 Å². The van der Waals surface area contributed by atoms with Gasteiger partial charge < -0.3 is 15.3 Å². The van der Waals surface area contributed by atoms with Crippen molar-refractivity contribution in [2.24, 2.45) is 5.92 Å². The number of likely N-dealkylation sites (tertiary alicyclic amines) is 1. The first-order valence-corrected chi connectivity index (χ1v) is 6.69. The van der Waals surface area contributed by atoms with Crippen LogP contribution >= 0.6 is 0 Å². The van der Waals surface area contributed by atoms with Gasteiger partial charge in [0.2, 0.25) is 0 Å². The zero-order valence-electron chi connectivity index (χ0n) is 11.6. The number of nitrogens with one attached hydrogen (secondary N) is 1. The summed E-state index contributed by atoms with van der Waals surface area (Å²) >= 11 is 0. The predicted octanol–water partition coefficient (Wildman–Crippen LogP) is 2.32. The molecule has 0 spiro atoms. The molecule has 1 aliphatic heterocycles. The monoisotopic (exact) mass is 316 g/mol. The van der Waals surface area contributed by atoms with E-state index in [1.165, 1.54) is 17.0 Å². The second kappa shape index (κ2) is 6.25. The zero-order chi connectivity index (χ0) is 16.3. The number of urea groups is 1. The molecule has 1 fully saturated rings. The minimum absolute atomic E-state index is 0.0447. The van der Waals surface area contributed by atoms with Crippen LogP contribution in [0.15, 0.2) is 24.3 Å². The Morgan fingerprint density at radius 1 is 1.36 bits per heavy atom. The maximum atomic E-state index is 12.6. The Labute approximate surface area is 124 Å². The van der Waals surface area contributed by atoms with Gasteiger partial charge in [0.05, 0.1) is 11.5 Å². The molecular weight excluding hydrogens is 301 g/mol. The molecule has 1 aromatic carbocycles. The summed E-state index contributed by atoms with van der Waals surface area (Å²) in [7, 11) is 0. The molecule has 1 atom stereocenters. The number of carboxylic acid groups (broad SMARTS) is 1. The Hall–Kier alpha value is -2.25. The third-order valence-electron chi connectivity index (χ3n) is 3.52. The normalized spacial score (nSPS) is 18.3. The van der Waals surface area contributed by atoms with E-state index in [4.69, 9.17) is 5.11 Å². The lowest BCUT2D eigenvalue weighted by molar-refractivity contribution is -0.141. The smallest absolute Gasteiger partial charge is 0.416 e. The average molecular weight is 316 g/mol. The molecule has 0 aliphatic carbocycles. The van der Waals surface area contributed by atoms with Gasteiger partial charge in [0.25, 0.3) is 0 Å². The Bertz CT molecular complexity index is 575. The summed E-state index contributed by atoms with van der Waals surface area (Å²) in [6.07, 6.45) is -4.05. The fourth-order valence-electron chi connectivity index (χ4n) is 2.29. The van der Waals surface area contributed by atoms with Gasteiger partial charge in [0.15, 0.2) is 0 Å². The van der Waals surface area contributed by atoms with Gasteiger partial charge in [-0.2, -0.15) is 13.2 Å². The second-order valence-electron chi connectivity index (χ2n) is 5.13. The number of hydrogen-bond donors (Lipinski definition) is 2. The molecule has 120 valence electrons. The molecule has 0 bridgehead atoms. The topological polar surface area (TPSA) is 69.6 Å². The number of carboxylic acids is 1. The lowest BCUT2D eigenvalue weighted by Crippen LogP contribution is -2.38. The van der Waals surface area contributed by atoms with E-state index in [1.54, 1.807) is 0 Å². The predicted molar refractivity (Wildman–Crippen MR) is 71.0 cm³/mol. The van der Waals surface area contributed by atoms with Crippen LogP contribution in [0.25, 0.3) is 0 Å². The van der Waals surface area contributed by atoms with Crippen LogP contribution in [0.1, 0.15) is 17.5 Å². The van der Waals surface area contributed by atoms with E-state index in [1.807, 2.05) is 0 Å². The number of halogens is 3. The van der Waals surface area contributed by atoms with E-state index >= 15 is 0 Å². The van der Waals surface area contributed by atoms with Crippen LogP contribution in [0.2, 0.25) is 0 Å². The molecule has 0 saturated carbocycles. The van der Waals surface area contributed by atoms with E-state index in [2.05, 4.69) is 5.32 Å². The summed E-state index contributed by atoms with van der Waals surface area (Å²) in [5.74, 6) is -1.53. The van der Waals surface area contributed by atoms with Gasteiger partial charge in [-0.15, -0.1) is 0 Å². The average Bonchev–Trinajstić information content (AvgIpc) is 2.94. The third kappa shape index (κ3) is 3.90. The van der Waals surface area contributed by atoms with Crippen molar-refractivity contribution in [3.63, 3.8) is 0 Å². The van der Waals surface area contributed by atoms with Crippen molar-refractivity contribution in [2.45, 2.75) is 19.1 Å². The molecule has 0 radical (unpaired) electrons. The highest BCUT2D eigenvalue weighted by Gasteiger charge is 2.31. The molecule has 22 heavy (non-hydrogen) atoms. The Morgan fingerprint density at radius 2 is 2.09 bits per heavy atom. The Balaban J connectivity index is 1.91. The number of carbonyl (C=O) groups excluding carboxylic acids is 1. The Morgan fingerprint density at radius 3 is 2.68 bits per heavy atom. The summed E-state index contributed by atoms with van der Waals surface area (Å²) < 4.78 is 37.7. The van der Waals surface area contributed by atoms with Crippen molar-refractivity contribution < 1.29 is 27.9 Å². The summed E-state index contributed by atoms with van der Waals surface area (Å²) in [6, 6.07) is 4.23. The lowest BCUT2D eigenvalue weighted by atomic mass is 10.1. The molecule has 1 aliphatic rings. The molecule has 2 rings (SSSR count). The molecule has 1 unspecified atom stereocenters. The van der Waals surface area contributed by atoms with E-state index in [9.17, 15) is 22.8 Å². The zero-order valence-corrected chi connectivity index (χ0v) is 11.6. The van der Waals surface area contributed by atoms with Crippen LogP contribution in [0.4, 0.5) is 18.0 Å². The number of hydrogen-bond acceptors (Lipinski definition) is 2. The van der Waals surface area contributed by atoms with Crippen LogP contribution in [-0.2, 0) is 17.5 Å². The summed E-state index contributed by atoms with van der Waals surface area (Å²) in [5.41, 5.74) is -0.441. The fraction of sp³-hybridized carbons (Fsp3) is 0.429. The first-order chi connectivity index (χ1) is 10.3. The lowest BCUT2D eigenvalue weighted by Gasteiger charge is -2.17. The number of aliphatic carboxylic acids is 1. The van der Waals surface area contributed by atoms with Crippen molar-refractivity contribution >= 4 is 12.0 Å². The molecular formula is C14H15F3N2O3. The number of carbonyl (C=O) groups is 2. The second-order valence-corrected chi connectivity index (χ2v) is 5.13. The summed E-state index contributed by atoms with van der Waals surface area (Å²) in [6.45, 7) is 0.395. The quantitative estimate of drug-likeness (QED) is 0.899. The van der Waals surface area contributed by atoms with Gasteiger partial charge in [-0.05, 0) is 24.1 Å². The van der Waals surface area contributed by atoms with Gasteiger partial charge in [-0.1, -0.05) is 12.1 Å². The first-order valence-electron chi connectivity index (χ1n) is 6.69. The number of amides is 2. The molecule has 0 aromatic heterocycles. The SMILES string of the molecule is O=C(O)C1CCN(C(=O)NCc2cccc(C(F)(F)F)c2)C1. The number of alkyl halides is 3. The van der Waals surface area contributed by atoms with Crippen molar-refractivity contribution in [2.75, 3.05) is 13.1 Å². The molecule has 1 saturated heterocycles. The molecule has 2 N–H and O–H groups in total. The van der Waals surface area contributed by atoms with Gasteiger partial charge >= 0.3 is 18.2 Å². The van der Waals surface area contributed by atoms with Crippen molar-refractivity contribution in [1.82, 2.24) is 10.2 Å². The van der Waals surface area contributed by atoms with Crippen LogP contribution < -0.4 is 5.32 Å². The highest BCUT2D eigenvalue weighted by atomic mass is 19.4. The molecule has 1 heterocycles. The van der Waals surface area contributed by atoms with Crippen LogP contribution in [0.5, 0.6) is 0 Å². The van der Waals surface area contributed by atoms with E-state index in [-0.39, 0.29) is 13.1 Å². The van der Waals surface area contributed by atoms with Gasteiger partial charge in [-0.3, -0.25) is 4.79 Å². The van der Waals surface area contributed by atoms with E-state index < -0.39 is 29.7 Å². The fourth-order valence-corrected chi connectivity index (χ4v) is 2.29. The van der Waals surface area contributed by atoms with E-state index in [0.29, 0.717) is 18.5 Å². The summed E-state index contributed by atoms with van der Waals surface area (Å²) in [4.78, 5) is 24.0. The highest BCUT2D eigenvalue weighted by Crippen LogP contribution is 2.29. The minimum Gasteiger partial charge on any atom is -0.481 e. The standard InChI is InChI=1S/C14H15F3N2O3/c15-14(16,17)11-3-1-2-9(6-11)7-18-13(22)19-5-4-10(8-19)12(20)21/h1-3,6,10H,4-5,7-8H2,(H,18,22)(H,20,21). The number of benzene rings is 1. The van der Waals surface area contributed by atoms with Crippen LogP contribution in [0, 0.1) is 5.92 Å². The first kappa shape index (κ1) is 16.1. The molecule has 5 nitrogen and oxygen atoms in total. The van der Waals surface area contributed by atoms with Crippen molar-refractivity contribution in [1.29, 1.82) is 0 Å². The maximum Gasteiger partial charge on any atom is 0.416 e. The van der Waals surface area contributed by atoms with Crippen molar-refractivity contribution in [3.8, 4) is 0 Å². The number of nitrogens with zero attached hydrogens (tertiary/aromatic N) is 1. The molecule has 2 amide bonds.